The van der Waals surface area contributed by atoms with Gasteiger partial charge in [-0.2, -0.15) is 0 Å². The van der Waals surface area contributed by atoms with E-state index < -0.39 is 10.8 Å². The minimum absolute atomic E-state index is 0.00478. The van der Waals surface area contributed by atoms with Crippen molar-refractivity contribution in [2.24, 2.45) is 0 Å². The lowest BCUT2D eigenvalue weighted by Crippen LogP contribution is -2.13. The number of rotatable bonds is 4. The molecule has 0 aliphatic heterocycles. The number of carbonyl (C=O) groups is 1. The Morgan fingerprint density at radius 3 is 2.67 bits per heavy atom. The maximum Gasteiger partial charge on any atom is 0.310 e. The Bertz CT molecular complexity index is 690. The van der Waals surface area contributed by atoms with Gasteiger partial charge in [-0.25, -0.2) is 0 Å². The maximum absolute atomic E-state index is 12.0. The summed E-state index contributed by atoms with van der Waals surface area (Å²) in [6, 6.07) is 6.74. The van der Waals surface area contributed by atoms with Crippen molar-refractivity contribution in [3.63, 3.8) is 0 Å². The van der Waals surface area contributed by atoms with Gasteiger partial charge in [0.15, 0.2) is 16.7 Å². The second-order valence-corrected chi connectivity index (χ2v) is 4.23. The van der Waals surface area contributed by atoms with Crippen LogP contribution in [0.5, 0.6) is 5.75 Å². The number of nitro benzene ring substituents is 1. The Morgan fingerprint density at radius 2 is 2.10 bits per heavy atom. The number of amides is 1. The fourth-order valence-corrected chi connectivity index (χ4v) is 1.64. The molecule has 2 rings (SSSR count). The van der Waals surface area contributed by atoms with E-state index in [-0.39, 0.29) is 28.0 Å². The normalized spacial score (nSPS) is 10.0. The number of benzene rings is 1. The van der Waals surface area contributed by atoms with Crippen molar-refractivity contribution < 1.29 is 14.5 Å². The van der Waals surface area contributed by atoms with Crippen LogP contribution in [-0.2, 0) is 0 Å². The van der Waals surface area contributed by atoms with E-state index in [0.29, 0.717) is 0 Å². The number of carbonyl (C=O) groups excluding carboxylic acids is 1. The molecular weight excluding hydrogens is 300 g/mol. The van der Waals surface area contributed by atoms with Crippen LogP contribution >= 0.6 is 11.6 Å². The largest absolute Gasteiger partial charge is 0.490 e. The van der Waals surface area contributed by atoms with Gasteiger partial charge in [0.25, 0.3) is 5.91 Å². The van der Waals surface area contributed by atoms with Gasteiger partial charge in [-0.15, -0.1) is 10.2 Å². The SMILES string of the molecule is COc1cc(C(=O)Nc2ccc(Cl)nn2)ccc1[N+](=O)[O-]. The van der Waals surface area contributed by atoms with Crippen molar-refractivity contribution in [1.82, 2.24) is 10.2 Å². The number of nitrogens with zero attached hydrogens (tertiary/aromatic N) is 3. The van der Waals surface area contributed by atoms with E-state index in [1.165, 1.54) is 37.4 Å². The summed E-state index contributed by atoms with van der Waals surface area (Å²) >= 11 is 5.59. The highest BCUT2D eigenvalue weighted by Crippen LogP contribution is 2.27. The van der Waals surface area contributed by atoms with E-state index in [1.807, 2.05) is 0 Å². The smallest absolute Gasteiger partial charge is 0.310 e. The van der Waals surface area contributed by atoms with Crippen LogP contribution < -0.4 is 10.1 Å². The van der Waals surface area contributed by atoms with Crippen molar-refractivity contribution >= 4 is 29.0 Å². The van der Waals surface area contributed by atoms with Crippen LogP contribution in [0.4, 0.5) is 11.5 Å². The predicted molar refractivity (Wildman–Crippen MR) is 74.6 cm³/mol. The first kappa shape index (κ1) is 14.7. The molecule has 0 aliphatic rings. The first-order valence-corrected chi connectivity index (χ1v) is 6.02. The number of aromatic nitrogens is 2. The zero-order chi connectivity index (χ0) is 15.4. The van der Waals surface area contributed by atoms with Gasteiger partial charge < -0.3 is 10.1 Å². The molecule has 0 saturated carbocycles. The molecule has 0 saturated heterocycles. The Morgan fingerprint density at radius 1 is 1.33 bits per heavy atom. The first-order chi connectivity index (χ1) is 10.0. The fraction of sp³-hybridized carbons (Fsp3) is 0.0833. The van der Waals surface area contributed by atoms with Crippen molar-refractivity contribution in [2.75, 3.05) is 12.4 Å². The summed E-state index contributed by atoms with van der Waals surface area (Å²) in [5.41, 5.74) is -0.0328. The summed E-state index contributed by atoms with van der Waals surface area (Å²) in [7, 11) is 1.29. The topological polar surface area (TPSA) is 107 Å². The summed E-state index contributed by atoms with van der Waals surface area (Å²) in [6.07, 6.45) is 0. The molecule has 0 unspecified atom stereocenters. The molecule has 0 radical (unpaired) electrons. The van der Waals surface area contributed by atoms with E-state index >= 15 is 0 Å². The molecule has 0 fully saturated rings. The number of halogens is 1. The lowest BCUT2D eigenvalue weighted by Gasteiger charge is -2.06. The molecule has 8 nitrogen and oxygen atoms in total. The highest BCUT2D eigenvalue weighted by molar-refractivity contribution is 6.29. The Hall–Kier alpha value is -2.74. The van der Waals surface area contributed by atoms with Gasteiger partial charge in [0.1, 0.15) is 0 Å². The van der Waals surface area contributed by atoms with Crippen LogP contribution in [0, 0.1) is 10.1 Å². The Balaban J connectivity index is 2.23. The number of nitrogens with one attached hydrogen (secondary N) is 1. The number of nitro groups is 1. The first-order valence-electron chi connectivity index (χ1n) is 5.64. The van der Waals surface area contributed by atoms with Gasteiger partial charge in [-0.1, -0.05) is 11.6 Å². The van der Waals surface area contributed by atoms with Gasteiger partial charge in [-0.3, -0.25) is 14.9 Å². The molecule has 0 bridgehead atoms. The summed E-state index contributed by atoms with van der Waals surface area (Å²) < 4.78 is 4.90. The van der Waals surface area contributed by atoms with Gasteiger partial charge in [0.05, 0.1) is 12.0 Å². The van der Waals surface area contributed by atoms with Crippen molar-refractivity contribution in [3.8, 4) is 5.75 Å². The van der Waals surface area contributed by atoms with E-state index in [1.54, 1.807) is 0 Å². The Kier molecular flexibility index (Phi) is 4.29. The highest BCUT2D eigenvalue weighted by atomic mass is 35.5. The van der Waals surface area contributed by atoms with Crippen molar-refractivity contribution in [2.45, 2.75) is 0 Å². The molecule has 1 N–H and O–H groups in total. The van der Waals surface area contributed by atoms with Gasteiger partial charge in [0, 0.05) is 17.7 Å². The Labute approximate surface area is 123 Å². The number of anilines is 1. The molecule has 0 spiro atoms. The standard InChI is InChI=1S/C12H9ClN4O4/c1-21-9-6-7(2-3-8(9)17(19)20)12(18)14-11-5-4-10(13)15-16-11/h2-6H,1H3,(H,14,16,18). The number of ether oxygens (including phenoxy) is 1. The van der Waals surface area contributed by atoms with Crippen LogP contribution in [-0.4, -0.2) is 28.1 Å². The quantitative estimate of drug-likeness (QED) is 0.686. The number of hydrogen-bond acceptors (Lipinski definition) is 6. The average molecular weight is 309 g/mol. The third kappa shape index (κ3) is 3.42. The van der Waals surface area contributed by atoms with Crippen LogP contribution in [0.2, 0.25) is 5.15 Å². The maximum atomic E-state index is 12.0. The number of hydrogen-bond donors (Lipinski definition) is 1. The molecular formula is C12H9ClN4O4. The van der Waals surface area contributed by atoms with Gasteiger partial charge in [0.2, 0.25) is 0 Å². The summed E-state index contributed by atoms with van der Waals surface area (Å²) in [6.45, 7) is 0. The average Bonchev–Trinajstić information content (AvgIpc) is 2.48. The lowest BCUT2D eigenvalue weighted by molar-refractivity contribution is -0.385. The van der Waals surface area contributed by atoms with Crippen LogP contribution in [0.1, 0.15) is 10.4 Å². The van der Waals surface area contributed by atoms with Crippen LogP contribution in [0.3, 0.4) is 0 Å². The summed E-state index contributed by atoms with van der Waals surface area (Å²) in [4.78, 5) is 22.2. The highest BCUT2D eigenvalue weighted by Gasteiger charge is 2.17. The monoisotopic (exact) mass is 308 g/mol. The lowest BCUT2D eigenvalue weighted by atomic mass is 10.1. The molecule has 1 amide bonds. The van der Waals surface area contributed by atoms with Crippen molar-refractivity contribution in [1.29, 1.82) is 0 Å². The van der Waals surface area contributed by atoms with E-state index in [4.69, 9.17) is 16.3 Å². The zero-order valence-corrected chi connectivity index (χ0v) is 11.5. The predicted octanol–water partition coefficient (Wildman–Crippen LogP) is 2.30. The minimum Gasteiger partial charge on any atom is -0.490 e. The molecule has 1 aromatic heterocycles. The third-order valence-electron chi connectivity index (χ3n) is 2.51. The van der Waals surface area contributed by atoms with E-state index in [0.717, 1.165) is 0 Å². The molecule has 0 aliphatic carbocycles. The fourth-order valence-electron chi connectivity index (χ4n) is 1.54. The molecule has 108 valence electrons. The second kappa shape index (κ2) is 6.14. The van der Waals surface area contributed by atoms with Gasteiger partial charge in [-0.05, 0) is 18.2 Å². The molecule has 1 heterocycles. The van der Waals surface area contributed by atoms with Gasteiger partial charge >= 0.3 is 5.69 Å². The number of methoxy groups -OCH3 is 1. The summed E-state index contributed by atoms with van der Waals surface area (Å²) in [5.74, 6) is -0.295. The third-order valence-corrected chi connectivity index (χ3v) is 2.71. The second-order valence-electron chi connectivity index (χ2n) is 3.84. The minimum atomic E-state index is -0.592. The molecule has 21 heavy (non-hydrogen) atoms. The van der Waals surface area contributed by atoms with E-state index in [9.17, 15) is 14.9 Å². The molecule has 1 aromatic carbocycles. The molecule has 2 aromatic rings. The molecule has 9 heteroatoms. The zero-order valence-electron chi connectivity index (χ0n) is 10.7. The van der Waals surface area contributed by atoms with Crippen LogP contribution in [0.25, 0.3) is 0 Å². The van der Waals surface area contributed by atoms with Crippen molar-refractivity contribution in [3.05, 3.63) is 51.2 Å². The molecule has 0 atom stereocenters. The van der Waals surface area contributed by atoms with E-state index in [2.05, 4.69) is 15.5 Å². The summed E-state index contributed by atoms with van der Waals surface area (Å²) in [5, 5.41) is 20.7. The van der Waals surface area contributed by atoms with Crippen LogP contribution in [0.15, 0.2) is 30.3 Å².